The van der Waals surface area contributed by atoms with Crippen LogP contribution in [0.5, 0.6) is 0 Å². The second-order valence-electron chi connectivity index (χ2n) is 9.05. The third-order valence-corrected chi connectivity index (χ3v) is 6.07. The molecule has 0 atom stereocenters. The summed E-state index contributed by atoms with van der Waals surface area (Å²) < 4.78 is 1.76. The highest BCUT2D eigenvalue weighted by molar-refractivity contribution is 5.90. The summed E-state index contributed by atoms with van der Waals surface area (Å²) >= 11 is 0. The van der Waals surface area contributed by atoms with Gasteiger partial charge in [0.05, 0.1) is 6.20 Å². The summed E-state index contributed by atoms with van der Waals surface area (Å²) in [6.45, 7) is 9.06. The van der Waals surface area contributed by atoms with Gasteiger partial charge in [-0.15, -0.1) is 0 Å². The van der Waals surface area contributed by atoms with Crippen molar-refractivity contribution in [2.45, 2.75) is 58.5 Å². The summed E-state index contributed by atoms with van der Waals surface area (Å²) in [5, 5.41) is 13.8. The first-order valence-electron chi connectivity index (χ1n) is 12.1. The van der Waals surface area contributed by atoms with Crippen LogP contribution in [0.4, 0.5) is 22.4 Å². The molecule has 34 heavy (non-hydrogen) atoms. The fourth-order valence-corrected chi connectivity index (χ4v) is 4.02. The van der Waals surface area contributed by atoms with Gasteiger partial charge in [-0.05, 0) is 36.8 Å². The second-order valence-corrected chi connectivity index (χ2v) is 9.05. The van der Waals surface area contributed by atoms with Crippen molar-refractivity contribution in [1.82, 2.24) is 24.9 Å². The molecule has 3 heterocycles. The van der Waals surface area contributed by atoms with Crippen molar-refractivity contribution in [3.8, 4) is 0 Å². The van der Waals surface area contributed by atoms with E-state index in [0.717, 1.165) is 54.8 Å². The number of anilines is 3. The van der Waals surface area contributed by atoms with Crippen LogP contribution in [-0.4, -0.2) is 51.3 Å². The molecular formula is C24H35N9O. The predicted octanol–water partition coefficient (Wildman–Crippen LogP) is 3.32. The van der Waals surface area contributed by atoms with Gasteiger partial charge in [-0.1, -0.05) is 39.0 Å². The standard InChI is InChI=1S/C24H35N9O/c1-4-11-26-24(34)29-20-8-6-5-7-17(20)14-27-22-31-23(32-12-9-18(25)10-13-32)30-21-19(16(2)3)15-28-33(21)22/h5-8,15-16,18H,4,9-14,25H2,1-3H3,(H2,26,29,34)(H,27,30,31). The molecule has 10 nitrogen and oxygen atoms in total. The Bertz CT molecular complexity index is 1120. The number of urea groups is 1. The Labute approximate surface area is 200 Å². The number of carbonyl (C=O) groups is 1. The summed E-state index contributed by atoms with van der Waals surface area (Å²) in [5.74, 6) is 1.59. The molecule has 0 aliphatic carbocycles. The molecular weight excluding hydrogens is 430 g/mol. The van der Waals surface area contributed by atoms with E-state index in [1.165, 1.54) is 0 Å². The quantitative estimate of drug-likeness (QED) is 0.402. The first kappa shape index (κ1) is 23.7. The minimum Gasteiger partial charge on any atom is -0.350 e. The van der Waals surface area contributed by atoms with E-state index in [9.17, 15) is 4.79 Å². The van der Waals surface area contributed by atoms with E-state index in [4.69, 9.17) is 15.7 Å². The number of amides is 2. The maximum absolute atomic E-state index is 12.2. The SMILES string of the molecule is CCCNC(=O)Nc1ccccc1CNc1nc(N2CCC(N)CC2)nc2c(C(C)C)cnn12. The van der Waals surface area contributed by atoms with Gasteiger partial charge in [0.2, 0.25) is 11.9 Å². The van der Waals surface area contributed by atoms with Gasteiger partial charge < -0.3 is 26.6 Å². The van der Waals surface area contributed by atoms with Gasteiger partial charge in [0.1, 0.15) is 0 Å². The Balaban J connectivity index is 1.60. The number of nitrogens with zero attached hydrogens (tertiary/aromatic N) is 5. The van der Waals surface area contributed by atoms with E-state index in [1.54, 1.807) is 4.52 Å². The monoisotopic (exact) mass is 465 g/mol. The Morgan fingerprint density at radius 1 is 1.21 bits per heavy atom. The molecule has 5 N–H and O–H groups in total. The van der Waals surface area contributed by atoms with E-state index >= 15 is 0 Å². The molecule has 0 spiro atoms. The molecule has 1 aliphatic rings. The molecule has 0 radical (unpaired) electrons. The minimum atomic E-state index is -0.210. The molecule has 0 bridgehead atoms. The van der Waals surface area contributed by atoms with Crippen LogP contribution in [-0.2, 0) is 6.54 Å². The molecule has 2 aromatic heterocycles. The first-order valence-corrected chi connectivity index (χ1v) is 12.1. The smallest absolute Gasteiger partial charge is 0.319 e. The van der Waals surface area contributed by atoms with Gasteiger partial charge in [0.15, 0.2) is 5.65 Å². The molecule has 182 valence electrons. The van der Waals surface area contributed by atoms with E-state index < -0.39 is 0 Å². The van der Waals surface area contributed by atoms with Crippen LogP contribution in [0.1, 0.15) is 57.1 Å². The Morgan fingerprint density at radius 3 is 2.71 bits per heavy atom. The zero-order valence-corrected chi connectivity index (χ0v) is 20.2. The molecule has 3 aromatic rings. The van der Waals surface area contributed by atoms with Crippen molar-refractivity contribution in [2.24, 2.45) is 5.73 Å². The molecule has 0 unspecified atom stereocenters. The summed E-state index contributed by atoms with van der Waals surface area (Å²) in [7, 11) is 0. The van der Waals surface area contributed by atoms with Crippen molar-refractivity contribution >= 4 is 29.3 Å². The van der Waals surface area contributed by atoms with Gasteiger partial charge in [-0.3, -0.25) is 0 Å². The molecule has 1 fully saturated rings. The summed E-state index contributed by atoms with van der Waals surface area (Å²) in [4.78, 5) is 24.1. The van der Waals surface area contributed by atoms with Crippen LogP contribution in [0, 0.1) is 0 Å². The highest BCUT2D eigenvalue weighted by Gasteiger charge is 2.22. The maximum Gasteiger partial charge on any atom is 0.319 e. The summed E-state index contributed by atoms with van der Waals surface area (Å²) in [5.41, 5.74) is 9.69. The first-order chi connectivity index (χ1) is 16.5. The average molecular weight is 466 g/mol. The highest BCUT2D eigenvalue weighted by Crippen LogP contribution is 2.25. The third kappa shape index (κ3) is 5.39. The fourth-order valence-electron chi connectivity index (χ4n) is 4.02. The number of aromatic nitrogens is 4. The zero-order chi connectivity index (χ0) is 24.1. The van der Waals surface area contributed by atoms with E-state index in [0.29, 0.717) is 25.0 Å². The largest absolute Gasteiger partial charge is 0.350 e. The van der Waals surface area contributed by atoms with Crippen LogP contribution in [0.3, 0.4) is 0 Å². The zero-order valence-electron chi connectivity index (χ0n) is 20.2. The molecule has 1 aliphatic heterocycles. The van der Waals surface area contributed by atoms with Gasteiger partial charge in [-0.2, -0.15) is 19.6 Å². The molecule has 10 heteroatoms. The second kappa shape index (κ2) is 10.7. The number of nitrogens with two attached hydrogens (primary N) is 1. The Hall–Kier alpha value is -3.40. The molecule has 2 amide bonds. The Morgan fingerprint density at radius 2 is 1.97 bits per heavy atom. The van der Waals surface area contributed by atoms with Crippen LogP contribution >= 0.6 is 0 Å². The van der Waals surface area contributed by atoms with Gasteiger partial charge in [-0.25, -0.2) is 4.79 Å². The lowest BCUT2D eigenvalue weighted by Crippen LogP contribution is -2.40. The van der Waals surface area contributed by atoms with Crippen LogP contribution in [0.25, 0.3) is 5.65 Å². The number of hydrogen-bond donors (Lipinski definition) is 4. The van der Waals surface area contributed by atoms with Crippen molar-refractivity contribution in [2.75, 3.05) is 35.2 Å². The summed E-state index contributed by atoms with van der Waals surface area (Å²) in [6, 6.07) is 7.76. The van der Waals surface area contributed by atoms with Gasteiger partial charge >= 0.3 is 6.03 Å². The van der Waals surface area contributed by atoms with Crippen molar-refractivity contribution < 1.29 is 4.79 Å². The number of fused-ring (bicyclic) bond motifs is 1. The molecule has 1 aromatic carbocycles. The predicted molar refractivity (Wildman–Crippen MR) is 135 cm³/mol. The summed E-state index contributed by atoms with van der Waals surface area (Å²) in [6.07, 6.45) is 4.59. The van der Waals surface area contributed by atoms with Gasteiger partial charge in [0, 0.05) is 43.5 Å². The molecule has 4 rings (SSSR count). The number of hydrogen-bond acceptors (Lipinski definition) is 7. The van der Waals surface area contributed by atoms with E-state index in [-0.39, 0.29) is 18.0 Å². The van der Waals surface area contributed by atoms with E-state index in [1.807, 2.05) is 37.4 Å². The maximum atomic E-state index is 12.2. The third-order valence-electron chi connectivity index (χ3n) is 6.07. The number of para-hydroxylation sites is 1. The topological polar surface area (TPSA) is 126 Å². The number of nitrogens with one attached hydrogen (secondary N) is 3. The van der Waals surface area contributed by atoms with Crippen LogP contribution in [0.2, 0.25) is 0 Å². The van der Waals surface area contributed by atoms with Crippen molar-refractivity contribution in [3.63, 3.8) is 0 Å². The lowest BCUT2D eigenvalue weighted by Gasteiger charge is -2.30. The number of rotatable bonds is 8. The number of piperidine rings is 1. The minimum absolute atomic E-state index is 0.210. The lowest BCUT2D eigenvalue weighted by molar-refractivity contribution is 0.252. The van der Waals surface area contributed by atoms with E-state index in [2.05, 4.69) is 39.8 Å². The highest BCUT2D eigenvalue weighted by atomic mass is 16.2. The van der Waals surface area contributed by atoms with Gasteiger partial charge in [0.25, 0.3) is 0 Å². The lowest BCUT2D eigenvalue weighted by atomic mass is 10.1. The van der Waals surface area contributed by atoms with Crippen molar-refractivity contribution in [3.05, 3.63) is 41.6 Å². The Kier molecular flexibility index (Phi) is 7.46. The van der Waals surface area contributed by atoms with Crippen LogP contribution in [0.15, 0.2) is 30.5 Å². The van der Waals surface area contributed by atoms with Crippen LogP contribution < -0.4 is 26.6 Å². The average Bonchev–Trinajstić information content (AvgIpc) is 3.27. The number of carbonyl (C=O) groups excluding carboxylic acids is 1. The normalized spacial score (nSPS) is 14.6. The fraction of sp³-hybridized carbons (Fsp3) is 0.500. The van der Waals surface area contributed by atoms with Crippen molar-refractivity contribution in [1.29, 1.82) is 0 Å². The number of benzene rings is 1. The molecule has 1 saturated heterocycles. The molecule has 0 saturated carbocycles.